The molecule has 0 saturated carbocycles. The number of benzene rings is 3. The molecule has 6 heteroatoms. The van der Waals surface area contributed by atoms with Gasteiger partial charge in [-0.05, 0) is 41.0 Å². The molecule has 1 N–H and O–H groups in total. The zero-order chi connectivity index (χ0) is 24.2. The van der Waals surface area contributed by atoms with Crippen molar-refractivity contribution in [3.05, 3.63) is 95.6 Å². The molecule has 3 aromatic rings. The van der Waals surface area contributed by atoms with Gasteiger partial charge in [0.25, 0.3) is 0 Å². The average Bonchev–Trinajstić information content (AvgIpc) is 2.88. The summed E-state index contributed by atoms with van der Waals surface area (Å²) in [5.41, 5.74) is 3.17. The maximum absolute atomic E-state index is 10.9. The van der Waals surface area contributed by atoms with Crippen LogP contribution in [0.15, 0.2) is 78.9 Å². The molecule has 0 saturated heterocycles. The molecule has 0 amide bonds. The highest BCUT2D eigenvalue weighted by atomic mass is 16.5. The molecule has 0 spiro atoms. The second-order valence-corrected chi connectivity index (χ2v) is 8.13. The van der Waals surface area contributed by atoms with Gasteiger partial charge >= 0.3 is 0 Å². The molecular formula is C28H35NO5. The van der Waals surface area contributed by atoms with Gasteiger partial charge in [-0.25, -0.2) is 0 Å². The first-order chi connectivity index (χ1) is 16.6. The summed E-state index contributed by atoms with van der Waals surface area (Å²) in [5, 5.41) is 10.9. The number of hydrogen-bond acceptors (Lipinski definition) is 6. The van der Waals surface area contributed by atoms with Crippen molar-refractivity contribution in [3.63, 3.8) is 0 Å². The van der Waals surface area contributed by atoms with Gasteiger partial charge in [-0.15, -0.1) is 0 Å². The van der Waals surface area contributed by atoms with Gasteiger partial charge in [0.05, 0.1) is 33.5 Å². The third-order valence-corrected chi connectivity index (χ3v) is 5.62. The lowest BCUT2D eigenvalue weighted by atomic mass is 10.0. The van der Waals surface area contributed by atoms with Crippen LogP contribution in [0, 0.1) is 0 Å². The number of aliphatic hydroxyl groups is 1. The van der Waals surface area contributed by atoms with Crippen LogP contribution in [-0.4, -0.2) is 63.7 Å². The third kappa shape index (κ3) is 7.85. The van der Waals surface area contributed by atoms with Gasteiger partial charge in [-0.1, -0.05) is 54.6 Å². The second kappa shape index (κ2) is 13.7. The minimum absolute atomic E-state index is 0.195. The maximum Gasteiger partial charge on any atom is 0.118 e. The first-order valence-corrected chi connectivity index (χ1v) is 11.5. The molecule has 34 heavy (non-hydrogen) atoms. The summed E-state index contributed by atoms with van der Waals surface area (Å²) < 4.78 is 22.1. The van der Waals surface area contributed by atoms with Crippen molar-refractivity contribution in [1.82, 2.24) is 4.90 Å². The summed E-state index contributed by atoms with van der Waals surface area (Å²) >= 11 is 0. The normalized spacial score (nSPS) is 12.2. The summed E-state index contributed by atoms with van der Waals surface area (Å²) in [6.45, 7) is 2.74. The van der Waals surface area contributed by atoms with E-state index in [0.717, 1.165) is 35.7 Å². The topological polar surface area (TPSA) is 60.4 Å². The quantitative estimate of drug-likeness (QED) is 0.383. The number of methoxy groups -OCH3 is 3. The molecule has 0 bridgehead atoms. The lowest BCUT2D eigenvalue weighted by Gasteiger charge is -2.26. The summed E-state index contributed by atoms with van der Waals surface area (Å²) in [7, 11) is 4.98. The fraction of sp³-hybridized carbons (Fsp3) is 0.357. The van der Waals surface area contributed by atoms with Crippen LogP contribution in [0.5, 0.6) is 11.5 Å². The van der Waals surface area contributed by atoms with Gasteiger partial charge in [-0.2, -0.15) is 0 Å². The molecule has 0 aliphatic heterocycles. The smallest absolute Gasteiger partial charge is 0.118 e. The number of nitrogens with zero attached hydrogens (tertiary/aromatic N) is 1. The lowest BCUT2D eigenvalue weighted by molar-refractivity contribution is -0.0121. The minimum Gasteiger partial charge on any atom is -0.497 e. The highest BCUT2D eigenvalue weighted by Gasteiger charge is 2.19. The van der Waals surface area contributed by atoms with E-state index >= 15 is 0 Å². The third-order valence-electron chi connectivity index (χ3n) is 5.62. The van der Waals surface area contributed by atoms with Crippen LogP contribution in [0.4, 0.5) is 0 Å². The number of rotatable bonds is 14. The summed E-state index contributed by atoms with van der Waals surface area (Å²) in [4.78, 5) is 2.18. The zero-order valence-electron chi connectivity index (χ0n) is 20.2. The Morgan fingerprint density at radius 2 is 1.32 bits per heavy atom. The standard InChI is InChI=1S/C28H35NO5/c1-31-18-17-29(19-22-7-5-4-6-8-22)20-25(30)21-34-28(23-9-13-26(32-2)14-10-23)24-11-15-27(33-3)16-12-24/h4-16,25,28,30H,17-21H2,1-3H3. The first-order valence-electron chi connectivity index (χ1n) is 11.5. The number of hydrogen-bond donors (Lipinski definition) is 1. The van der Waals surface area contributed by atoms with E-state index in [0.29, 0.717) is 13.2 Å². The van der Waals surface area contributed by atoms with E-state index < -0.39 is 6.10 Å². The molecule has 182 valence electrons. The molecule has 6 nitrogen and oxygen atoms in total. The van der Waals surface area contributed by atoms with Crippen molar-refractivity contribution < 1.29 is 24.1 Å². The predicted octanol–water partition coefficient (Wildman–Crippen LogP) is 4.32. The lowest BCUT2D eigenvalue weighted by Crippen LogP contribution is -2.36. The Morgan fingerprint density at radius 1 is 0.765 bits per heavy atom. The van der Waals surface area contributed by atoms with Crippen LogP contribution in [0.3, 0.4) is 0 Å². The predicted molar refractivity (Wildman–Crippen MR) is 133 cm³/mol. The molecule has 0 fully saturated rings. The van der Waals surface area contributed by atoms with Crippen molar-refractivity contribution in [3.8, 4) is 11.5 Å². The van der Waals surface area contributed by atoms with Crippen molar-refractivity contribution in [2.75, 3.05) is 47.6 Å². The molecule has 0 aliphatic carbocycles. The van der Waals surface area contributed by atoms with E-state index in [4.69, 9.17) is 18.9 Å². The van der Waals surface area contributed by atoms with Crippen molar-refractivity contribution in [1.29, 1.82) is 0 Å². The molecule has 1 unspecified atom stereocenters. The monoisotopic (exact) mass is 465 g/mol. The summed E-state index contributed by atoms with van der Waals surface area (Å²) in [6.07, 6.45) is -0.979. The van der Waals surface area contributed by atoms with Gasteiger partial charge in [0.15, 0.2) is 0 Å². The van der Waals surface area contributed by atoms with Gasteiger partial charge in [0.2, 0.25) is 0 Å². The SMILES string of the molecule is COCCN(Cc1ccccc1)CC(O)COC(c1ccc(OC)cc1)c1ccc(OC)cc1. The van der Waals surface area contributed by atoms with Crippen molar-refractivity contribution >= 4 is 0 Å². The molecule has 0 radical (unpaired) electrons. The van der Waals surface area contributed by atoms with E-state index in [1.165, 1.54) is 5.56 Å². The van der Waals surface area contributed by atoms with E-state index in [1.807, 2.05) is 66.7 Å². The molecule has 0 aliphatic rings. The largest absolute Gasteiger partial charge is 0.497 e. The van der Waals surface area contributed by atoms with Gasteiger partial charge in [-0.3, -0.25) is 4.90 Å². The van der Waals surface area contributed by atoms with Gasteiger partial charge in [0.1, 0.15) is 17.6 Å². The van der Waals surface area contributed by atoms with E-state index in [9.17, 15) is 5.11 Å². The number of aliphatic hydroxyl groups excluding tert-OH is 1. The van der Waals surface area contributed by atoms with E-state index in [2.05, 4.69) is 17.0 Å². The molecule has 1 atom stereocenters. The Kier molecular flexibility index (Phi) is 10.4. The fourth-order valence-corrected chi connectivity index (χ4v) is 3.80. The van der Waals surface area contributed by atoms with Crippen LogP contribution in [0.2, 0.25) is 0 Å². The summed E-state index contributed by atoms with van der Waals surface area (Å²) in [6, 6.07) is 25.8. The van der Waals surface area contributed by atoms with Crippen LogP contribution < -0.4 is 9.47 Å². The van der Waals surface area contributed by atoms with Crippen molar-refractivity contribution in [2.45, 2.75) is 18.8 Å². The minimum atomic E-state index is -0.653. The second-order valence-electron chi connectivity index (χ2n) is 8.13. The Bertz CT molecular complexity index is 899. The van der Waals surface area contributed by atoms with E-state index in [-0.39, 0.29) is 12.7 Å². The molecule has 0 heterocycles. The van der Waals surface area contributed by atoms with Crippen molar-refractivity contribution in [2.24, 2.45) is 0 Å². The van der Waals surface area contributed by atoms with Gasteiger partial charge in [0, 0.05) is 26.7 Å². The Hall–Kier alpha value is -2.90. The zero-order valence-corrected chi connectivity index (χ0v) is 20.2. The van der Waals surface area contributed by atoms with Crippen LogP contribution >= 0.6 is 0 Å². The molecule has 3 aromatic carbocycles. The highest BCUT2D eigenvalue weighted by Crippen LogP contribution is 2.29. The van der Waals surface area contributed by atoms with Crippen LogP contribution in [0.25, 0.3) is 0 Å². The Labute approximate surface area is 202 Å². The first kappa shape index (κ1) is 25.7. The van der Waals surface area contributed by atoms with Crippen LogP contribution in [0.1, 0.15) is 22.8 Å². The Balaban J connectivity index is 1.69. The Morgan fingerprint density at radius 3 is 1.82 bits per heavy atom. The highest BCUT2D eigenvalue weighted by molar-refractivity contribution is 5.36. The van der Waals surface area contributed by atoms with Crippen LogP contribution in [-0.2, 0) is 16.0 Å². The molecule has 0 aromatic heterocycles. The molecule has 3 rings (SSSR count). The maximum atomic E-state index is 10.9. The molecular weight excluding hydrogens is 430 g/mol. The van der Waals surface area contributed by atoms with Gasteiger partial charge < -0.3 is 24.1 Å². The number of ether oxygens (including phenoxy) is 4. The summed E-state index contributed by atoms with van der Waals surface area (Å²) in [5.74, 6) is 1.57. The van der Waals surface area contributed by atoms with E-state index in [1.54, 1.807) is 21.3 Å². The average molecular weight is 466 g/mol. The fourth-order valence-electron chi connectivity index (χ4n) is 3.80.